The van der Waals surface area contributed by atoms with Gasteiger partial charge in [-0.15, -0.1) is 10.2 Å². The SMILES string of the molecule is COc1ccc(NC(=O)c2nnc(CN3CCN(C(=O)C4CC4)CC3)s2)cc1. The maximum atomic E-state index is 12.4. The predicted molar refractivity (Wildman–Crippen MR) is 105 cm³/mol. The van der Waals surface area contributed by atoms with Gasteiger partial charge in [-0.05, 0) is 37.1 Å². The molecule has 1 saturated carbocycles. The van der Waals surface area contributed by atoms with Crippen molar-refractivity contribution in [2.24, 2.45) is 5.92 Å². The highest BCUT2D eigenvalue weighted by molar-refractivity contribution is 7.13. The lowest BCUT2D eigenvalue weighted by Crippen LogP contribution is -2.48. The largest absolute Gasteiger partial charge is 0.497 e. The number of aromatic nitrogens is 2. The van der Waals surface area contributed by atoms with Crippen LogP contribution in [0.15, 0.2) is 24.3 Å². The van der Waals surface area contributed by atoms with Gasteiger partial charge in [0.05, 0.1) is 13.7 Å². The van der Waals surface area contributed by atoms with Crippen LogP contribution in [-0.4, -0.2) is 65.1 Å². The fourth-order valence-electron chi connectivity index (χ4n) is 3.17. The number of benzene rings is 1. The molecule has 4 rings (SSSR count). The topological polar surface area (TPSA) is 87.7 Å². The number of carbonyl (C=O) groups excluding carboxylic acids is 2. The van der Waals surface area contributed by atoms with Gasteiger partial charge in [0, 0.05) is 37.8 Å². The average Bonchev–Trinajstić information content (AvgIpc) is 3.47. The van der Waals surface area contributed by atoms with Crippen LogP contribution in [0.1, 0.15) is 27.7 Å². The molecule has 0 bridgehead atoms. The first-order valence-electron chi connectivity index (χ1n) is 9.41. The molecular formula is C19H23N5O3S. The lowest BCUT2D eigenvalue weighted by Gasteiger charge is -2.34. The van der Waals surface area contributed by atoms with Gasteiger partial charge >= 0.3 is 0 Å². The first-order valence-corrected chi connectivity index (χ1v) is 10.2. The normalized spacial score (nSPS) is 17.4. The molecule has 1 aliphatic heterocycles. The molecule has 1 N–H and O–H groups in total. The van der Waals surface area contributed by atoms with E-state index in [4.69, 9.17) is 4.74 Å². The van der Waals surface area contributed by atoms with Crippen molar-refractivity contribution in [2.75, 3.05) is 38.6 Å². The number of nitrogens with one attached hydrogen (secondary N) is 1. The van der Waals surface area contributed by atoms with Gasteiger partial charge in [-0.2, -0.15) is 0 Å². The molecule has 0 unspecified atom stereocenters. The third-order valence-electron chi connectivity index (χ3n) is 4.98. The van der Waals surface area contributed by atoms with E-state index in [1.807, 2.05) is 4.90 Å². The van der Waals surface area contributed by atoms with E-state index >= 15 is 0 Å². The maximum Gasteiger partial charge on any atom is 0.286 e. The number of carbonyl (C=O) groups is 2. The zero-order chi connectivity index (χ0) is 19.5. The molecule has 2 heterocycles. The summed E-state index contributed by atoms with van der Waals surface area (Å²) in [6, 6.07) is 7.13. The van der Waals surface area contributed by atoms with Crippen molar-refractivity contribution in [3.63, 3.8) is 0 Å². The van der Waals surface area contributed by atoms with Crippen molar-refractivity contribution < 1.29 is 14.3 Å². The molecule has 2 aliphatic rings. The minimum atomic E-state index is -0.270. The molecule has 2 aromatic rings. The number of amides is 2. The zero-order valence-electron chi connectivity index (χ0n) is 15.8. The Hall–Kier alpha value is -2.52. The van der Waals surface area contributed by atoms with Crippen molar-refractivity contribution in [3.05, 3.63) is 34.3 Å². The average molecular weight is 401 g/mol. The van der Waals surface area contributed by atoms with Gasteiger partial charge in [0.15, 0.2) is 0 Å². The standard InChI is InChI=1S/C19H23N5O3S/c1-27-15-6-4-14(5-7-15)20-17(25)18-22-21-16(28-18)12-23-8-10-24(11-9-23)19(26)13-2-3-13/h4-7,13H,2-3,8-12H2,1H3,(H,20,25). The summed E-state index contributed by atoms with van der Waals surface area (Å²) in [5.41, 5.74) is 0.680. The number of rotatable bonds is 6. The summed E-state index contributed by atoms with van der Waals surface area (Å²) in [6.07, 6.45) is 2.09. The molecule has 9 heteroatoms. The highest BCUT2D eigenvalue weighted by Gasteiger charge is 2.34. The molecule has 148 valence electrons. The molecule has 1 aromatic heterocycles. The Kier molecular flexibility index (Phi) is 5.54. The van der Waals surface area contributed by atoms with E-state index in [1.165, 1.54) is 11.3 Å². The van der Waals surface area contributed by atoms with E-state index in [9.17, 15) is 9.59 Å². The van der Waals surface area contributed by atoms with Crippen molar-refractivity contribution in [1.29, 1.82) is 0 Å². The molecule has 2 fully saturated rings. The number of hydrogen-bond acceptors (Lipinski definition) is 7. The third-order valence-corrected chi connectivity index (χ3v) is 5.89. The van der Waals surface area contributed by atoms with Crippen molar-refractivity contribution in [2.45, 2.75) is 19.4 Å². The molecule has 0 atom stereocenters. The van der Waals surface area contributed by atoms with E-state index in [-0.39, 0.29) is 11.8 Å². The Labute approximate surface area is 167 Å². The Morgan fingerprint density at radius 2 is 1.86 bits per heavy atom. The van der Waals surface area contributed by atoms with Gasteiger partial charge in [-0.25, -0.2) is 0 Å². The van der Waals surface area contributed by atoms with Gasteiger partial charge in [0.25, 0.3) is 5.91 Å². The monoisotopic (exact) mass is 401 g/mol. The molecule has 1 saturated heterocycles. The van der Waals surface area contributed by atoms with Crippen LogP contribution < -0.4 is 10.1 Å². The number of methoxy groups -OCH3 is 1. The summed E-state index contributed by atoms with van der Waals surface area (Å²) < 4.78 is 5.11. The zero-order valence-corrected chi connectivity index (χ0v) is 16.6. The maximum absolute atomic E-state index is 12.4. The summed E-state index contributed by atoms with van der Waals surface area (Å²) >= 11 is 1.30. The number of nitrogens with zero attached hydrogens (tertiary/aromatic N) is 4. The second-order valence-corrected chi connectivity index (χ2v) is 8.12. The van der Waals surface area contributed by atoms with Crippen LogP contribution in [0.25, 0.3) is 0 Å². The fourth-order valence-corrected chi connectivity index (χ4v) is 3.95. The third kappa shape index (κ3) is 4.48. The minimum Gasteiger partial charge on any atom is -0.497 e. The Balaban J connectivity index is 1.28. The van der Waals surface area contributed by atoms with Crippen molar-refractivity contribution in [1.82, 2.24) is 20.0 Å². The fraction of sp³-hybridized carbons (Fsp3) is 0.474. The summed E-state index contributed by atoms with van der Waals surface area (Å²) in [4.78, 5) is 28.7. The highest BCUT2D eigenvalue weighted by atomic mass is 32.1. The number of anilines is 1. The molecule has 0 spiro atoms. The van der Waals surface area contributed by atoms with Crippen molar-refractivity contribution in [3.8, 4) is 5.75 Å². The van der Waals surface area contributed by atoms with Gasteiger partial charge in [0.2, 0.25) is 10.9 Å². The van der Waals surface area contributed by atoms with Gasteiger partial charge < -0.3 is 15.0 Å². The summed E-state index contributed by atoms with van der Waals surface area (Å²) in [5, 5.41) is 12.2. The second kappa shape index (κ2) is 8.24. The number of ether oxygens (including phenoxy) is 1. The van der Waals surface area contributed by atoms with Gasteiger partial charge in [-0.1, -0.05) is 11.3 Å². The molecular weight excluding hydrogens is 378 g/mol. The molecule has 0 radical (unpaired) electrons. The van der Waals surface area contributed by atoms with E-state index < -0.39 is 0 Å². The first-order chi connectivity index (χ1) is 13.6. The lowest BCUT2D eigenvalue weighted by molar-refractivity contribution is -0.134. The summed E-state index contributed by atoms with van der Waals surface area (Å²) in [7, 11) is 1.60. The molecule has 2 amide bonds. The molecule has 8 nitrogen and oxygen atoms in total. The number of piperazine rings is 1. The molecule has 1 aliphatic carbocycles. The Morgan fingerprint density at radius 1 is 1.14 bits per heavy atom. The lowest BCUT2D eigenvalue weighted by atomic mass is 10.2. The Bertz CT molecular complexity index is 842. The molecule has 1 aromatic carbocycles. The molecule has 28 heavy (non-hydrogen) atoms. The van der Waals surface area contributed by atoms with Gasteiger partial charge in [0.1, 0.15) is 10.8 Å². The minimum absolute atomic E-state index is 0.270. The predicted octanol–water partition coefficient (Wildman–Crippen LogP) is 1.85. The van der Waals surface area contributed by atoms with E-state index in [0.717, 1.165) is 49.8 Å². The van der Waals surface area contributed by atoms with Crippen LogP contribution in [0.2, 0.25) is 0 Å². The van der Waals surface area contributed by atoms with Gasteiger partial charge in [-0.3, -0.25) is 14.5 Å². The Morgan fingerprint density at radius 3 is 2.50 bits per heavy atom. The first kappa shape index (κ1) is 18.8. The van der Waals surface area contributed by atoms with E-state index in [0.29, 0.717) is 23.1 Å². The highest BCUT2D eigenvalue weighted by Crippen LogP contribution is 2.31. The summed E-state index contributed by atoms with van der Waals surface area (Å²) in [5.74, 6) is 1.05. The van der Waals surface area contributed by atoms with Crippen LogP contribution in [0.5, 0.6) is 5.75 Å². The smallest absolute Gasteiger partial charge is 0.286 e. The van der Waals surface area contributed by atoms with Crippen molar-refractivity contribution >= 4 is 28.8 Å². The van der Waals surface area contributed by atoms with Crippen LogP contribution in [0, 0.1) is 5.92 Å². The van der Waals surface area contributed by atoms with Crippen LogP contribution >= 0.6 is 11.3 Å². The number of hydrogen-bond donors (Lipinski definition) is 1. The van der Waals surface area contributed by atoms with E-state index in [2.05, 4.69) is 20.4 Å². The quantitative estimate of drug-likeness (QED) is 0.795. The van der Waals surface area contributed by atoms with Crippen LogP contribution in [0.4, 0.5) is 5.69 Å². The summed E-state index contributed by atoms with van der Waals surface area (Å²) in [6.45, 7) is 3.83. The van der Waals surface area contributed by atoms with E-state index in [1.54, 1.807) is 31.4 Å². The second-order valence-electron chi connectivity index (χ2n) is 7.06. The van der Waals surface area contributed by atoms with Crippen LogP contribution in [0.3, 0.4) is 0 Å². The van der Waals surface area contributed by atoms with Crippen LogP contribution in [-0.2, 0) is 11.3 Å².